The zero-order chi connectivity index (χ0) is 11.7. The fraction of sp³-hybridized carbons (Fsp3) is 0.727. The standard InChI is InChI=1S/C11H18N4O/c1-7(2)9-12-10(14-13-9)11(16)15-6-4-5-8(15)3/h7-8H,4-6H2,1-3H3,(H,12,13,14). The number of carbonyl (C=O) groups is 1. The van der Waals surface area contributed by atoms with Gasteiger partial charge in [-0.15, -0.1) is 5.10 Å². The largest absolute Gasteiger partial charge is 0.333 e. The Morgan fingerprint density at radius 2 is 2.31 bits per heavy atom. The van der Waals surface area contributed by atoms with E-state index in [9.17, 15) is 4.79 Å². The lowest BCUT2D eigenvalue weighted by atomic mass is 10.2. The van der Waals surface area contributed by atoms with E-state index >= 15 is 0 Å². The van der Waals surface area contributed by atoms with Crippen LogP contribution in [0.2, 0.25) is 0 Å². The van der Waals surface area contributed by atoms with E-state index in [0.717, 1.165) is 25.2 Å². The molecule has 0 spiro atoms. The normalized spacial score (nSPS) is 20.8. The molecule has 5 nitrogen and oxygen atoms in total. The molecule has 0 radical (unpaired) electrons. The lowest BCUT2D eigenvalue weighted by Crippen LogP contribution is -2.34. The van der Waals surface area contributed by atoms with Gasteiger partial charge in [-0.2, -0.15) is 0 Å². The summed E-state index contributed by atoms with van der Waals surface area (Å²) in [7, 11) is 0. The van der Waals surface area contributed by atoms with Crippen molar-refractivity contribution in [2.24, 2.45) is 0 Å². The first-order valence-electron chi connectivity index (χ1n) is 5.83. The molecule has 1 unspecified atom stereocenters. The molecule has 0 bridgehead atoms. The van der Waals surface area contributed by atoms with E-state index in [1.165, 1.54) is 0 Å². The summed E-state index contributed by atoms with van der Waals surface area (Å²) < 4.78 is 0. The molecule has 1 atom stereocenters. The SMILES string of the molecule is CC(C)c1nc(C(=O)N2CCCC2C)n[nH]1. The van der Waals surface area contributed by atoms with Crippen molar-refractivity contribution in [3.63, 3.8) is 0 Å². The maximum absolute atomic E-state index is 12.1. The summed E-state index contributed by atoms with van der Waals surface area (Å²) in [6.45, 7) is 6.94. The Balaban J connectivity index is 2.14. The molecule has 1 aliphatic heterocycles. The molecule has 1 aromatic rings. The second-order valence-corrected chi connectivity index (χ2v) is 4.69. The van der Waals surface area contributed by atoms with Crippen LogP contribution in [-0.4, -0.2) is 38.6 Å². The van der Waals surface area contributed by atoms with Gasteiger partial charge in [0.25, 0.3) is 5.91 Å². The van der Waals surface area contributed by atoms with Crippen LogP contribution in [-0.2, 0) is 0 Å². The molecule has 16 heavy (non-hydrogen) atoms. The van der Waals surface area contributed by atoms with Gasteiger partial charge in [-0.25, -0.2) is 4.98 Å². The van der Waals surface area contributed by atoms with Crippen LogP contribution in [0.25, 0.3) is 0 Å². The fourth-order valence-corrected chi connectivity index (χ4v) is 1.99. The van der Waals surface area contributed by atoms with Crippen LogP contribution in [0.4, 0.5) is 0 Å². The van der Waals surface area contributed by atoms with Crippen molar-refractivity contribution < 1.29 is 4.79 Å². The first-order valence-corrected chi connectivity index (χ1v) is 5.83. The lowest BCUT2D eigenvalue weighted by molar-refractivity contribution is 0.0735. The van der Waals surface area contributed by atoms with Gasteiger partial charge < -0.3 is 4.90 Å². The van der Waals surface area contributed by atoms with E-state index in [4.69, 9.17) is 0 Å². The van der Waals surface area contributed by atoms with Crippen LogP contribution >= 0.6 is 0 Å². The van der Waals surface area contributed by atoms with Crippen LogP contribution in [0.1, 0.15) is 56.0 Å². The minimum absolute atomic E-state index is 0.0480. The number of aromatic nitrogens is 3. The highest BCUT2D eigenvalue weighted by Gasteiger charge is 2.28. The smallest absolute Gasteiger partial charge is 0.293 e. The maximum Gasteiger partial charge on any atom is 0.293 e. The molecule has 88 valence electrons. The van der Waals surface area contributed by atoms with Gasteiger partial charge in [0.2, 0.25) is 5.82 Å². The van der Waals surface area contributed by atoms with Crippen LogP contribution < -0.4 is 0 Å². The zero-order valence-corrected chi connectivity index (χ0v) is 10.0. The Bertz CT molecular complexity index is 385. The Kier molecular flexibility index (Phi) is 2.94. The molecule has 2 rings (SSSR count). The van der Waals surface area contributed by atoms with Crippen molar-refractivity contribution >= 4 is 5.91 Å². The molecule has 1 amide bonds. The quantitative estimate of drug-likeness (QED) is 0.825. The molecule has 1 aromatic heterocycles. The van der Waals surface area contributed by atoms with Gasteiger partial charge in [0.05, 0.1) is 0 Å². The van der Waals surface area contributed by atoms with Gasteiger partial charge >= 0.3 is 0 Å². The van der Waals surface area contributed by atoms with E-state index < -0.39 is 0 Å². The second kappa shape index (κ2) is 4.23. The van der Waals surface area contributed by atoms with E-state index in [1.807, 2.05) is 18.7 Å². The van der Waals surface area contributed by atoms with Crippen molar-refractivity contribution in [3.8, 4) is 0 Å². The number of likely N-dealkylation sites (tertiary alicyclic amines) is 1. The Morgan fingerprint density at radius 1 is 1.56 bits per heavy atom. The van der Waals surface area contributed by atoms with Gasteiger partial charge in [0.15, 0.2) is 0 Å². The van der Waals surface area contributed by atoms with Crippen molar-refractivity contribution in [1.29, 1.82) is 0 Å². The Labute approximate surface area is 95.2 Å². The highest BCUT2D eigenvalue weighted by Crippen LogP contribution is 2.18. The van der Waals surface area contributed by atoms with Gasteiger partial charge in [-0.1, -0.05) is 13.8 Å². The fourth-order valence-electron chi connectivity index (χ4n) is 1.99. The van der Waals surface area contributed by atoms with Gasteiger partial charge in [-0.3, -0.25) is 9.89 Å². The zero-order valence-electron chi connectivity index (χ0n) is 10.0. The summed E-state index contributed by atoms with van der Waals surface area (Å²) in [4.78, 5) is 18.2. The molecule has 0 saturated carbocycles. The summed E-state index contributed by atoms with van der Waals surface area (Å²) in [6.07, 6.45) is 2.15. The van der Waals surface area contributed by atoms with E-state index in [0.29, 0.717) is 11.9 Å². The molecule has 0 aliphatic carbocycles. The summed E-state index contributed by atoms with van der Waals surface area (Å²) in [5.41, 5.74) is 0. The van der Waals surface area contributed by atoms with E-state index in [-0.39, 0.29) is 11.8 Å². The number of hydrogen-bond acceptors (Lipinski definition) is 3. The first kappa shape index (κ1) is 11.1. The average Bonchev–Trinajstić information content (AvgIpc) is 2.84. The predicted octanol–water partition coefficient (Wildman–Crippen LogP) is 1.55. The molecular weight excluding hydrogens is 204 g/mol. The van der Waals surface area contributed by atoms with Crippen LogP contribution in [0.3, 0.4) is 0 Å². The van der Waals surface area contributed by atoms with E-state index in [1.54, 1.807) is 0 Å². The lowest BCUT2D eigenvalue weighted by Gasteiger charge is -2.19. The third kappa shape index (κ3) is 1.94. The minimum atomic E-state index is -0.0480. The summed E-state index contributed by atoms with van der Waals surface area (Å²) in [6, 6.07) is 0.313. The summed E-state index contributed by atoms with van der Waals surface area (Å²) in [5, 5.41) is 6.80. The highest BCUT2D eigenvalue weighted by atomic mass is 16.2. The number of aromatic amines is 1. The van der Waals surface area contributed by atoms with Crippen LogP contribution in [0, 0.1) is 0 Å². The van der Waals surface area contributed by atoms with Gasteiger partial charge in [-0.05, 0) is 19.8 Å². The number of nitrogens with one attached hydrogen (secondary N) is 1. The molecule has 0 aromatic carbocycles. The number of H-pyrrole nitrogens is 1. The molecule has 1 N–H and O–H groups in total. The maximum atomic E-state index is 12.1. The Hall–Kier alpha value is -1.39. The first-order chi connectivity index (χ1) is 7.59. The van der Waals surface area contributed by atoms with Crippen molar-refractivity contribution in [3.05, 3.63) is 11.6 Å². The topological polar surface area (TPSA) is 61.9 Å². The number of amides is 1. The Morgan fingerprint density at radius 3 is 2.81 bits per heavy atom. The highest BCUT2D eigenvalue weighted by molar-refractivity contribution is 5.90. The minimum Gasteiger partial charge on any atom is -0.333 e. The molecule has 5 heteroatoms. The van der Waals surface area contributed by atoms with Crippen molar-refractivity contribution in [2.45, 2.75) is 45.6 Å². The third-order valence-corrected chi connectivity index (χ3v) is 3.05. The predicted molar refractivity (Wildman–Crippen MR) is 60.2 cm³/mol. The van der Waals surface area contributed by atoms with Crippen LogP contribution in [0.5, 0.6) is 0 Å². The van der Waals surface area contributed by atoms with Gasteiger partial charge in [0.1, 0.15) is 5.82 Å². The number of rotatable bonds is 2. The van der Waals surface area contributed by atoms with Crippen LogP contribution in [0.15, 0.2) is 0 Å². The molecular formula is C11H18N4O. The number of carbonyl (C=O) groups excluding carboxylic acids is 1. The molecule has 1 aliphatic rings. The third-order valence-electron chi connectivity index (χ3n) is 3.05. The second-order valence-electron chi connectivity index (χ2n) is 4.69. The monoisotopic (exact) mass is 222 g/mol. The molecule has 1 saturated heterocycles. The number of hydrogen-bond donors (Lipinski definition) is 1. The number of nitrogens with zero attached hydrogens (tertiary/aromatic N) is 3. The van der Waals surface area contributed by atoms with E-state index in [2.05, 4.69) is 22.1 Å². The average molecular weight is 222 g/mol. The molecule has 2 heterocycles. The summed E-state index contributed by atoms with van der Waals surface area (Å²) >= 11 is 0. The van der Waals surface area contributed by atoms with Gasteiger partial charge in [0, 0.05) is 18.5 Å². The summed E-state index contributed by atoms with van der Waals surface area (Å²) in [5.74, 6) is 1.30. The van der Waals surface area contributed by atoms with Crippen molar-refractivity contribution in [1.82, 2.24) is 20.1 Å². The molecule has 1 fully saturated rings. The van der Waals surface area contributed by atoms with Crippen molar-refractivity contribution in [2.75, 3.05) is 6.54 Å².